The molecule has 0 fully saturated rings. The molecule has 27 heavy (non-hydrogen) atoms. The second-order valence-corrected chi connectivity index (χ2v) is 6.55. The molecule has 4 rings (SSSR count). The first-order valence-corrected chi connectivity index (χ1v) is 8.81. The van der Waals surface area contributed by atoms with Gasteiger partial charge in [0.15, 0.2) is 5.70 Å². The van der Waals surface area contributed by atoms with Gasteiger partial charge in [-0.15, -0.1) is 0 Å². The van der Waals surface area contributed by atoms with Crippen LogP contribution in [0.1, 0.15) is 22.5 Å². The van der Waals surface area contributed by atoms with Crippen molar-refractivity contribution in [2.45, 2.75) is 13.8 Å². The van der Waals surface area contributed by atoms with Crippen LogP contribution in [0.4, 0.5) is 0 Å². The van der Waals surface area contributed by atoms with E-state index in [4.69, 9.17) is 16.3 Å². The summed E-state index contributed by atoms with van der Waals surface area (Å²) in [6.07, 6.45) is 1.71. The van der Waals surface area contributed by atoms with Gasteiger partial charge in [-0.2, -0.15) is 5.10 Å². The zero-order valence-corrected chi connectivity index (χ0v) is 15.6. The third-order valence-electron chi connectivity index (χ3n) is 4.35. The number of para-hydroxylation sites is 1. The fourth-order valence-corrected chi connectivity index (χ4v) is 3.20. The second kappa shape index (κ2) is 6.85. The molecule has 6 heteroatoms. The normalized spacial score (nSPS) is 15.1. The highest BCUT2D eigenvalue weighted by Crippen LogP contribution is 2.26. The van der Waals surface area contributed by atoms with Gasteiger partial charge in [0.2, 0.25) is 5.90 Å². The quantitative estimate of drug-likeness (QED) is 0.499. The molecule has 0 radical (unpaired) electrons. The summed E-state index contributed by atoms with van der Waals surface area (Å²) in [5.41, 5.74) is 4.33. The predicted molar refractivity (Wildman–Crippen MR) is 105 cm³/mol. The molecular weight excluding hydrogens is 362 g/mol. The highest BCUT2D eigenvalue weighted by molar-refractivity contribution is 6.34. The summed E-state index contributed by atoms with van der Waals surface area (Å²) in [6.45, 7) is 3.86. The van der Waals surface area contributed by atoms with Crippen molar-refractivity contribution >= 4 is 29.5 Å². The summed E-state index contributed by atoms with van der Waals surface area (Å²) in [7, 11) is 0. The molecule has 5 nitrogen and oxygen atoms in total. The lowest BCUT2D eigenvalue weighted by Gasteiger charge is -2.03. The van der Waals surface area contributed by atoms with E-state index in [2.05, 4.69) is 10.1 Å². The van der Waals surface area contributed by atoms with Crippen LogP contribution in [0, 0.1) is 13.8 Å². The summed E-state index contributed by atoms with van der Waals surface area (Å²) >= 11 is 6.18. The van der Waals surface area contributed by atoms with E-state index in [1.807, 2.05) is 61.0 Å². The zero-order valence-electron chi connectivity index (χ0n) is 14.8. The van der Waals surface area contributed by atoms with E-state index in [9.17, 15) is 4.79 Å². The minimum Gasteiger partial charge on any atom is -0.402 e. The van der Waals surface area contributed by atoms with Crippen LogP contribution in [0.15, 0.2) is 65.3 Å². The van der Waals surface area contributed by atoms with E-state index in [-0.39, 0.29) is 11.6 Å². The predicted octanol–water partition coefficient (Wildman–Crippen LogP) is 4.49. The number of aryl methyl sites for hydroxylation is 1. The van der Waals surface area contributed by atoms with Crippen molar-refractivity contribution in [1.29, 1.82) is 0 Å². The first-order valence-electron chi connectivity index (χ1n) is 8.43. The van der Waals surface area contributed by atoms with Crippen molar-refractivity contribution in [2.24, 2.45) is 4.99 Å². The maximum atomic E-state index is 12.3. The van der Waals surface area contributed by atoms with Crippen LogP contribution in [0.5, 0.6) is 0 Å². The molecule has 0 N–H and O–H groups in total. The van der Waals surface area contributed by atoms with E-state index in [1.165, 1.54) is 0 Å². The Hall–Kier alpha value is -3.18. The number of carbonyl (C=O) groups excluding carboxylic acids is 1. The Morgan fingerprint density at radius 3 is 2.48 bits per heavy atom. The molecule has 2 heterocycles. The van der Waals surface area contributed by atoms with Crippen LogP contribution in [0.25, 0.3) is 11.8 Å². The van der Waals surface area contributed by atoms with Crippen molar-refractivity contribution in [3.05, 3.63) is 87.8 Å². The van der Waals surface area contributed by atoms with E-state index in [0.29, 0.717) is 10.6 Å². The van der Waals surface area contributed by atoms with Gasteiger partial charge >= 0.3 is 5.97 Å². The van der Waals surface area contributed by atoms with Gasteiger partial charge in [-0.1, -0.05) is 41.9 Å². The van der Waals surface area contributed by atoms with Gasteiger partial charge in [0.05, 0.1) is 22.0 Å². The average Bonchev–Trinajstić information content (AvgIpc) is 3.17. The second-order valence-electron chi connectivity index (χ2n) is 6.15. The topological polar surface area (TPSA) is 56.5 Å². The maximum Gasteiger partial charge on any atom is 0.363 e. The molecule has 0 aliphatic carbocycles. The van der Waals surface area contributed by atoms with Gasteiger partial charge in [-0.25, -0.2) is 14.5 Å². The number of ether oxygens (including phenoxy) is 1. The number of rotatable bonds is 3. The van der Waals surface area contributed by atoms with Gasteiger partial charge in [0, 0.05) is 11.3 Å². The number of carbonyl (C=O) groups is 1. The van der Waals surface area contributed by atoms with E-state index >= 15 is 0 Å². The van der Waals surface area contributed by atoms with Gasteiger partial charge in [0.1, 0.15) is 0 Å². The molecule has 1 aromatic heterocycles. The first-order chi connectivity index (χ1) is 13.0. The highest BCUT2D eigenvalue weighted by Gasteiger charge is 2.26. The van der Waals surface area contributed by atoms with E-state index in [0.717, 1.165) is 22.6 Å². The Morgan fingerprint density at radius 2 is 1.74 bits per heavy atom. The number of benzene rings is 2. The standard InChI is InChI=1S/C21H16ClN3O2/c1-13-17(14(2)25(24-13)15-8-4-3-5-9-15)12-19-21(26)27-20(23-19)16-10-6-7-11-18(16)22/h3-12H,1-2H3/b19-12+. The van der Waals surface area contributed by atoms with Crippen molar-refractivity contribution < 1.29 is 9.53 Å². The van der Waals surface area contributed by atoms with E-state index < -0.39 is 5.97 Å². The summed E-state index contributed by atoms with van der Waals surface area (Å²) < 4.78 is 7.16. The molecule has 1 aliphatic heterocycles. The number of aliphatic imine (C=N–C) groups is 1. The zero-order chi connectivity index (χ0) is 19.0. The third-order valence-corrected chi connectivity index (χ3v) is 4.68. The monoisotopic (exact) mass is 377 g/mol. The van der Waals surface area contributed by atoms with Crippen LogP contribution < -0.4 is 0 Å². The van der Waals surface area contributed by atoms with Crippen LogP contribution >= 0.6 is 11.6 Å². The fourth-order valence-electron chi connectivity index (χ4n) is 2.98. The summed E-state index contributed by atoms with van der Waals surface area (Å²) in [4.78, 5) is 16.6. The van der Waals surface area contributed by atoms with Crippen molar-refractivity contribution in [2.75, 3.05) is 0 Å². The average molecular weight is 378 g/mol. The Morgan fingerprint density at radius 1 is 1.04 bits per heavy atom. The fraction of sp³-hybridized carbons (Fsp3) is 0.0952. The smallest absolute Gasteiger partial charge is 0.363 e. The molecule has 2 aromatic carbocycles. The van der Waals surface area contributed by atoms with Gasteiger partial charge in [0.25, 0.3) is 0 Å². The summed E-state index contributed by atoms with van der Waals surface area (Å²) in [5.74, 6) is -0.293. The summed E-state index contributed by atoms with van der Waals surface area (Å²) in [5, 5.41) is 5.07. The Kier molecular flexibility index (Phi) is 4.38. The van der Waals surface area contributed by atoms with Crippen LogP contribution in [-0.4, -0.2) is 21.6 Å². The molecular formula is C21H16ClN3O2. The minimum absolute atomic E-state index is 0.211. The number of nitrogens with zero attached hydrogens (tertiary/aromatic N) is 3. The third kappa shape index (κ3) is 3.17. The molecule has 0 unspecified atom stereocenters. The van der Waals surface area contributed by atoms with E-state index in [1.54, 1.807) is 18.2 Å². The maximum absolute atomic E-state index is 12.3. The van der Waals surface area contributed by atoms with Crippen molar-refractivity contribution in [3.63, 3.8) is 0 Å². The van der Waals surface area contributed by atoms with Crippen molar-refractivity contribution in [3.8, 4) is 5.69 Å². The Bertz CT molecular complexity index is 1100. The molecule has 3 aromatic rings. The van der Waals surface area contributed by atoms with Gasteiger partial charge in [-0.3, -0.25) is 0 Å². The molecule has 0 saturated heterocycles. The molecule has 0 saturated carbocycles. The minimum atomic E-state index is -0.504. The van der Waals surface area contributed by atoms with Gasteiger partial charge in [-0.05, 0) is 44.2 Å². The molecule has 0 atom stereocenters. The SMILES string of the molecule is Cc1nn(-c2ccccc2)c(C)c1/C=C1/N=C(c2ccccc2Cl)OC1=O. The molecule has 0 spiro atoms. The number of cyclic esters (lactones) is 1. The number of esters is 1. The molecule has 0 bridgehead atoms. The van der Waals surface area contributed by atoms with Crippen LogP contribution in [0.2, 0.25) is 5.02 Å². The van der Waals surface area contributed by atoms with Gasteiger partial charge < -0.3 is 4.74 Å². The number of hydrogen-bond donors (Lipinski definition) is 0. The van der Waals surface area contributed by atoms with Crippen LogP contribution in [0.3, 0.4) is 0 Å². The molecule has 1 aliphatic rings. The number of halogens is 1. The molecule has 0 amide bonds. The van der Waals surface area contributed by atoms with Crippen LogP contribution in [-0.2, 0) is 9.53 Å². The largest absolute Gasteiger partial charge is 0.402 e. The lowest BCUT2D eigenvalue weighted by molar-refractivity contribution is -0.129. The first kappa shape index (κ1) is 17.2. The Labute approximate surface area is 161 Å². The molecule has 134 valence electrons. The lowest BCUT2D eigenvalue weighted by Crippen LogP contribution is -2.05. The lowest BCUT2D eigenvalue weighted by atomic mass is 10.1. The van der Waals surface area contributed by atoms with Crippen molar-refractivity contribution in [1.82, 2.24) is 9.78 Å². The Balaban J connectivity index is 1.75. The number of aromatic nitrogens is 2. The number of hydrogen-bond acceptors (Lipinski definition) is 4. The summed E-state index contributed by atoms with van der Waals surface area (Å²) in [6, 6.07) is 17.0. The highest BCUT2D eigenvalue weighted by atomic mass is 35.5.